The number of hydrogen-bond acceptors (Lipinski definition) is 3. The molecular weight excluding hydrogens is 218 g/mol. The van der Waals surface area contributed by atoms with Gasteiger partial charge in [0.15, 0.2) is 5.78 Å². The molecule has 0 radical (unpaired) electrons. The van der Waals surface area contributed by atoms with E-state index in [0.717, 1.165) is 0 Å². The molecule has 7 heteroatoms. The Balaban J connectivity index is 3.21. The topological polar surface area (TPSA) is 100.0 Å². The summed E-state index contributed by atoms with van der Waals surface area (Å²) in [6.07, 6.45) is 0. The van der Waals surface area contributed by atoms with Crippen molar-refractivity contribution in [2.75, 3.05) is 0 Å². The molecule has 0 aliphatic rings. The van der Waals surface area contributed by atoms with Gasteiger partial charge in [0.2, 0.25) is 0 Å². The molecule has 0 spiro atoms. The maximum absolute atomic E-state index is 11.2. The maximum atomic E-state index is 11.2. The number of hydrogen-bond donors (Lipinski definition) is 0. The largest absolute Gasteiger partial charge is 0.295 e. The molecule has 0 unspecified atom stereocenters. The fourth-order valence-electron chi connectivity index (χ4n) is 0.957. The zero-order chi connectivity index (χ0) is 11.5. The van der Waals surface area contributed by atoms with E-state index in [9.17, 15) is 13.2 Å². The van der Waals surface area contributed by atoms with Crippen molar-refractivity contribution in [3.63, 3.8) is 0 Å². The molecule has 0 saturated heterocycles. The first-order chi connectivity index (χ1) is 6.97. The third kappa shape index (κ3) is 2.55. The Labute approximate surface area is 86.2 Å². The van der Waals surface area contributed by atoms with Crippen LogP contribution in [0.1, 0.15) is 17.3 Å². The fraction of sp³-hybridized carbons (Fsp3) is 0.125. The molecule has 78 valence electrons. The molecule has 1 aromatic rings. The number of azide groups is 1. The van der Waals surface area contributed by atoms with Crippen LogP contribution >= 0.6 is 0 Å². The normalized spacial score (nSPS) is 10.5. The van der Waals surface area contributed by atoms with Gasteiger partial charge in [-0.15, -0.1) is 0 Å². The van der Waals surface area contributed by atoms with E-state index in [4.69, 9.17) is 5.53 Å². The van der Waals surface area contributed by atoms with Gasteiger partial charge < -0.3 is 0 Å². The van der Waals surface area contributed by atoms with Crippen molar-refractivity contribution in [1.29, 1.82) is 0 Å². The van der Waals surface area contributed by atoms with Gasteiger partial charge in [0.25, 0.3) is 10.0 Å². The second kappa shape index (κ2) is 4.12. The van der Waals surface area contributed by atoms with Crippen LogP contribution in [0.2, 0.25) is 0 Å². The van der Waals surface area contributed by atoms with Crippen LogP contribution in [-0.2, 0) is 10.0 Å². The van der Waals surface area contributed by atoms with Crippen LogP contribution in [0, 0.1) is 0 Å². The van der Waals surface area contributed by atoms with Crippen LogP contribution in [-0.4, -0.2) is 14.2 Å². The van der Waals surface area contributed by atoms with Crippen LogP contribution in [0.3, 0.4) is 0 Å². The van der Waals surface area contributed by atoms with Crippen LogP contribution in [0.5, 0.6) is 0 Å². The van der Waals surface area contributed by atoms with E-state index in [0.29, 0.717) is 5.56 Å². The van der Waals surface area contributed by atoms with Gasteiger partial charge in [0.1, 0.15) is 0 Å². The number of nitrogens with zero attached hydrogens (tertiary/aromatic N) is 3. The van der Waals surface area contributed by atoms with Gasteiger partial charge in [-0.2, -0.15) is 0 Å². The Morgan fingerprint density at radius 3 is 2.27 bits per heavy atom. The molecule has 0 aromatic heterocycles. The van der Waals surface area contributed by atoms with Crippen LogP contribution in [0.4, 0.5) is 0 Å². The van der Waals surface area contributed by atoms with E-state index in [-0.39, 0.29) is 10.7 Å². The summed E-state index contributed by atoms with van der Waals surface area (Å²) in [6.45, 7) is 1.37. The minimum atomic E-state index is -3.96. The third-order valence-electron chi connectivity index (χ3n) is 1.70. The molecule has 0 fully saturated rings. The van der Waals surface area contributed by atoms with Crippen molar-refractivity contribution in [2.45, 2.75) is 11.8 Å². The van der Waals surface area contributed by atoms with Crippen LogP contribution in [0.15, 0.2) is 33.7 Å². The number of ketones is 1. The molecule has 0 aliphatic heterocycles. The summed E-state index contributed by atoms with van der Waals surface area (Å²) < 4.78 is 25.1. The lowest BCUT2D eigenvalue weighted by molar-refractivity contribution is 0.101. The lowest BCUT2D eigenvalue weighted by Gasteiger charge is -1.98. The monoisotopic (exact) mass is 225 g/mol. The number of Topliss-reactive ketones (excluding diaryl/α,β-unsaturated/α-hetero) is 1. The van der Waals surface area contributed by atoms with Crippen molar-refractivity contribution in [1.82, 2.24) is 0 Å². The first kappa shape index (κ1) is 11.2. The number of sulfonamides is 1. The Hall–Kier alpha value is -1.85. The summed E-state index contributed by atoms with van der Waals surface area (Å²) in [7, 11) is -3.96. The Morgan fingerprint density at radius 1 is 1.33 bits per heavy atom. The number of benzene rings is 1. The van der Waals surface area contributed by atoms with Crippen molar-refractivity contribution >= 4 is 15.8 Å². The van der Waals surface area contributed by atoms with E-state index >= 15 is 0 Å². The summed E-state index contributed by atoms with van der Waals surface area (Å²) in [6, 6.07) is 5.17. The second-order valence-corrected chi connectivity index (χ2v) is 4.31. The highest BCUT2D eigenvalue weighted by molar-refractivity contribution is 7.90. The van der Waals surface area contributed by atoms with Gasteiger partial charge >= 0.3 is 0 Å². The quantitative estimate of drug-likeness (QED) is 0.339. The predicted molar refractivity (Wildman–Crippen MR) is 52.8 cm³/mol. The molecule has 1 aromatic carbocycles. The van der Waals surface area contributed by atoms with Gasteiger partial charge in [-0.1, -0.05) is 12.1 Å². The molecular formula is C8H7N3O3S. The fourth-order valence-corrected chi connectivity index (χ4v) is 1.63. The summed E-state index contributed by atoms with van der Waals surface area (Å²) in [5.74, 6) is -0.164. The molecule has 6 nitrogen and oxygen atoms in total. The Kier molecular flexibility index (Phi) is 3.08. The van der Waals surface area contributed by atoms with Crippen LogP contribution in [0.25, 0.3) is 10.4 Å². The average Bonchev–Trinajstić information content (AvgIpc) is 2.18. The van der Waals surface area contributed by atoms with Crippen molar-refractivity contribution < 1.29 is 13.2 Å². The minimum Gasteiger partial charge on any atom is -0.295 e. The van der Waals surface area contributed by atoms with E-state index < -0.39 is 10.0 Å². The van der Waals surface area contributed by atoms with Crippen molar-refractivity contribution in [3.8, 4) is 0 Å². The third-order valence-corrected chi connectivity index (χ3v) is 2.86. The standard InChI is InChI=1S/C8H7N3O3S/c1-6(12)7-2-4-8(5-3-7)15(13,14)11-10-9/h2-5H,1H3. The molecule has 0 atom stereocenters. The van der Waals surface area contributed by atoms with Gasteiger partial charge in [-0.05, 0) is 24.6 Å². The first-order valence-electron chi connectivity index (χ1n) is 3.90. The molecule has 0 aliphatic carbocycles. The van der Waals surface area contributed by atoms with E-state index in [1.165, 1.54) is 31.2 Å². The maximum Gasteiger partial charge on any atom is 0.264 e. The van der Waals surface area contributed by atoms with Crippen molar-refractivity contribution in [3.05, 3.63) is 40.3 Å². The number of carbonyl (C=O) groups excluding carboxylic acids is 1. The molecule has 1 rings (SSSR count). The van der Waals surface area contributed by atoms with Gasteiger partial charge in [0.05, 0.1) is 4.90 Å². The van der Waals surface area contributed by atoms with E-state index in [1.54, 1.807) is 0 Å². The summed E-state index contributed by atoms with van der Waals surface area (Å²) in [5, 5.41) is 0. The Bertz CT molecular complexity index is 527. The first-order valence-corrected chi connectivity index (χ1v) is 5.34. The van der Waals surface area contributed by atoms with Gasteiger partial charge in [0, 0.05) is 15.0 Å². The molecule has 0 saturated carbocycles. The highest BCUT2D eigenvalue weighted by atomic mass is 32.2. The van der Waals surface area contributed by atoms with E-state index in [2.05, 4.69) is 9.43 Å². The number of rotatable bonds is 3. The summed E-state index contributed by atoms with van der Waals surface area (Å²) in [4.78, 5) is 13.0. The zero-order valence-electron chi connectivity index (χ0n) is 7.78. The second-order valence-electron chi connectivity index (χ2n) is 2.73. The van der Waals surface area contributed by atoms with Gasteiger partial charge in [-0.3, -0.25) is 4.79 Å². The molecule has 0 bridgehead atoms. The van der Waals surface area contributed by atoms with Crippen molar-refractivity contribution in [2.24, 2.45) is 4.52 Å². The highest BCUT2D eigenvalue weighted by Gasteiger charge is 2.11. The lowest BCUT2D eigenvalue weighted by Crippen LogP contribution is -1.97. The van der Waals surface area contributed by atoms with E-state index in [1.807, 2.05) is 0 Å². The SMILES string of the molecule is CC(=O)c1ccc(S(=O)(=O)N=[N+]=[N-])cc1. The predicted octanol–water partition coefficient (Wildman–Crippen LogP) is 1.89. The zero-order valence-corrected chi connectivity index (χ0v) is 8.60. The average molecular weight is 225 g/mol. The highest BCUT2D eigenvalue weighted by Crippen LogP contribution is 2.13. The molecule has 15 heavy (non-hydrogen) atoms. The number of carbonyl (C=O) groups is 1. The molecule has 0 heterocycles. The van der Waals surface area contributed by atoms with Crippen LogP contribution < -0.4 is 0 Å². The lowest BCUT2D eigenvalue weighted by atomic mass is 10.2. The summed E-state index contributed by atoms with van der Waals surface area (Å²) >= 11 is 0. The van der Waals surface area contributed by atoms with Gasteiger partial charge in [-0.25, -0.2) is 8.42 Å². The smallest absolute Gasteiger partial charge is 0.264 e. The Morgan fingerprint density at radius 2 is 1.87 bits per heavy atom. The summed E-state index contributed by atoms with van der Waals surface area (Å²) in [5.41, 5.74) is 8.43. The molecule has 0 N–H and O–H groups in total. The minimum absolute atomic E-state index is 0.134. The molecule has 0 amide bonds.